The molecule has 0 aliphatic heterocycles. The van der Waals surface area contributed by atoms with Crippen LogP contribution in [-0.4, -0.2) is 36.5 Å². The summed E-state index contributed by atoms with van der Waals surface area (Å²) < 4.78 is 5.29. The molecule has 1 saturated carbocycles. The Bertz CT molecular complexity index is 165. The van der Waals surface area contributed by atoms with Gasteiger partial charge in [0.15, 0.2) is 0 Å². The molecule has 84 valence electrons. The van der Waals surface area contributed by atoms with Gasteiger partial charge in [0.1, 0.15) is 0 Å². The van der Waals surface area contributed by atoms with Crippen LogP contribution < -0.4 is 5.32 Å². The quantitative estimate of drug-likeness (QED) is 0.720. The Morgan fingerprint density at radius 2 is 2.07 bits per heavy atom. The van der Waals surface area contributed by atoms with Crippen LogP contribution in [0.1, 0.15) is 39.5 Å². The summed E-state index contributed by atoms with van der Waals surface area (Å²) in [6.45, 7) is 5.05. The summed E-state index contributed by atoms with van der Waals surface area (Å²) in [6.07, 6.45) is 3.99. The number of hydrogen-bond donors (Lipinski definition) is 2. The second kappa shape index (κ2) is 5.10. The molecule has 14 heavy (non-hydrogen) atoms. The van der Waals surface area contributed by atoms with Gasteiger partial charge in [-0.05, 0) is 39.2 Å². The van der Waals surface area contributed by atoms with E-state index >= 15 is 0 Å². The smallest absolute Gasteiger partial charge is 0.0799 e. The summed E-state index contributed by atoms with van der Waals surface area (Å²) in [7, 11) is 1.75. The highest BCUT2D eigenvalue weighted by atomic mass is 16.5. The summed E-state index contributed by atoms with van der Waals surface area (Å²) in [5.74, 6) is 0. The minimum absolute atomic E-state index is 0.185. The van der Waals surface area contributed by atoms with Crippen LogP contribution in [0.3, 0.4) is 0 Å². The Morgan fingerprint density at radius 3 is 2.50 bits per heavy atom. The van der Waals surface area contributed by atoms with Gasteiger partial charge in [-0.15, -0.1) is 0 Å². The van der Waals surface area contributed by atoms with Gasteiger partial charge < -0.3 is 15.2 Å². The van der Waals surface area contributed by atoms with Crippen molar-refractivity contribution in [1.29, 1.82) is 0 Å². The average molecular weight is 201 g/mol. The van der Waals surface area contributed by atoms with Crippen LogP contribution in [0, 0.1) is 0 Å². The van der Waals surface area contributed by atoms with E-state index in [2.05, 4.69) is 19.2 Å². The molecule has 3 nitrogen and oxygen atoms in total. The largest absolute Gasteiger partial charge is 0.388 e. The molecule has 1 atom stereocenters. The molecule has 0 aromatic carbocycles. The van der Waals surface area contributed by atoms with Gasteiger partial charge in [-0.25, -0.2) is 0 Å². The Morgan fingerprint density at radius 1 is 1.50 bits per heavy atom. The third-order valence-electron chi connectivity index (χ3n) is 3.45. The van der Waals surface area contributed by atoms with E-state index in [0.717, 1.165) is 32.2 Å². The first-order valence-corrected chi connectivity index (χ1v) is 5.61. The van der Waals surface area contributed by atoms with Crippen LogP contribution in [-0.2, 0) is 4.74 Å². The normalized spacial score (nSPS) is 35.6. The lowest BCUT2D eigenvalue weighted by Gasteiger charge is -2.40. The third-order valence-corrected chi connectivity index (χ3v) is 3.45. The molecule has 0 saturated heterocycles. The number of likely N-dealkylation sites (N-methyl/N-ethyl adjacent to an activating group) is 1. The highest BCUT2D eigenvalue weighted by molar-refractivity contribution is 4.93. The maximum atomic E-state index is 10.4. The van der Waals surface area contributed by atoms with Crippen molar-refractivity contribution in [2.75, 3.05) is 13.7 Å². The fourth-order valence-electron chi connectivity index (χ4n) is 2.26. The Kier molecular flexibility index (Phi) is 4.35. The van der Waals surface area contributed by atoms with Gasteiger partial charge in [0.25, 0.3) is 0 Å². The summed E-state index contributed by atoms with van der Waals surface area (Å²) in [5, 5.41) is 13.7. The molecule has 2 N–H and O–H groups in total. The summed E-state index contributed by atoms with van der Waals surface area (Å²) in [4.78, 5) is 0. The van der Waals surface area contributed by atoms with Gasteiger partial charge in [-0.3, -0.25) is 0 Å². The first kappa shape index (κ1) is 12.0. The summed E-state index contributed by atoms with van der Waals surface area (Å²) in [6, 6.07) is 0.185. The van der Waals surface area contributed by atoms with E-state index in [1.807, 2.05) is 0 Å². The zero-order valence-corrected chi connectivity index (χ0v) is 9.55. The molecule has 0 aromatic heterocycles. The van der Waals surface area contributed by atoms with Crippen molar-refractivity contribution in [3.8, 4) is 0 Å². The molecule has 1 unspecified atom stereocenters. The lowest BCUT2D eigenvalue weighted by atomic mass is 9.79. The Hall–Kier alpha value is -0.120. The lowest BCUT2D eigenvalue weighted by molar-refractivity contribution is -0.0620. The average Bonchev–Trinajstić information content (AvgIpc) is 2.19. The van der Waals surface area contributed by atoms with Gasteiger partial charge in [0.05, 0.1) is 11.7 Å². The van der Waals surface area contributed by atoms with E-state index in [-0.39, 0.29) is 6.04 Å². The molecule has 1 aliphatic rings. The van der Waals surface area contributed by atoms with E-state index in [9.17, 15) is 5.11 Å². The van der Waals surface area contributed by atoms with Gasteiger partial charge in [-0.1, -0.05) is 6.92 Å². The molecular formula is C11H23NO2. The number of methoxy groups -OCH3 is 1. The van der Waals surface area contributed by atoms with E-state index in [1.54, 1.807) is 7.11 Å². The predicted molar refractivity (Wildman–Crippen MR) is 57.4 cm³/mol. The van der Waals surface area contributed by atoms with Gasteiger partial charge in [-0.2, -0.15) is 0 Å². The van der Waals surface area contributed by atoms with Gasteiger partial charge in [0, 0.05) is 13.2 Å². The van der Waals surface area contributed by atoms with Gasteiger partial charge >= 0.3 is 0 Å². The molecule has 0 amide bonds. The first-order chi connectivity index (χ1) is 6.62. The highest BCUT2D eigenvalue weighted by Gasteiger charge is 2.37. The fraction of sp³-hybridized carbons (Fsp3) is 1.00. The highest BCUT2D eigenvalue weighted by Crippen LogP contribution is 2.32. The number of ether oxygens (including phenoxy) is 1. The summed E-state index contributed by atoms with van der Waals surface area (Å²) in [5.41, 5.74) is -0.523. The molecule has 0 heterocycles. The van der Waals surface area contributed by atoms with Crippen LogP contribution in [0.15, 0.2) is 0 Å². The van der Waals surface area contributed by atoms with Crippen LogP contribution in [0.2, 0.25) is 0 Å². The Labute approximate surface area is 86.8 Å². The van der Waals surface area contributed by atoms with Crippen LogP contribution in [0.5, 0.6) is 0 Å². The van der Waals surface area contributed by atoms with E-state index in [0.29, 0.717) is 6.10 Å². The topological polar surface area (TPSA) is 41.5 Å². The van der Waals surface area contributed by atoms with Crippen molar-refractivity contribution in [2.45, 2.75) is 57.3 Å². The van der Waals surface area contributed by atoms with Crippen molar-refractivity contribution in [3.05, 3.63) is 0 Å². The molecule has 1 rings (SSSR count). The third kappa shape index (κ3) is 2.69. The first-order valence-electron chi connectivity index (χ1n) is 5.61. The maximum Gasteiger partial charge on any atom is 0.0799 e. The molecule has 0 bridgehead atoms. The Balaban J connectivity index is 2.43. The monoisotopic (exact) mass is 201 g/mol. The maximum absolute atomic E-state index is 10.4. The second-order valence-electron chi connectivity index (χ2n) is 4.32. The van der Waals surface area contributed by atoms with Crippen molar-refractivity contribution in [1.82, 2.24) is 5.32 Å². The lowest BCUT2D eigenvalue weighted by Crippen LogP contribution is -2.51. The van der Waals surface area contributed by atoms with Crippen LogP contribution in [0.4, 0.5) is 0 Å². The van der Waals surface area contributed by atoms with Gasteiger partial charge in [0.2, 0.25) is 0 Å². The standard InChI is InChI=1S/C11H23NO2/c1-4-12-9(2)11(13)7-5-10(14-3)6-8-11/h9-10,12-13H,4-8H2,1-3H3. The second-order valence-corrected chi connectivity index (χ2v) is 4.32. The van der Waals surface area contributed by atoms with E-state index in [4.69, 9.17) is 4.74 Å². The molecular weight excluding hydrogens is 178 g/mol. The zero-order valence-electron chi connectivity index (χ0n) is 9.55. The number of rotatable bonds is 4. The zero-order chi connectivity index (χ0) is 10.6. The number of nitrogens with one attached hydrogen (secondary N) is 1. The van der Waals surface area contributed by atoms with E-state index < -0.39 is 5.60 Å². The predicted octanol–water partition coefficient (Wildman–Crippen LogP) is 1.30. The fourth-order valence-corrected chi connectivity index (χ4v) is 2.26. The van der Waals surface area contributed by atoms with Crippen LogP contribution >= 0.6 is 0 Å². The number of aliphatic hydroxyl groups is 1. The van der Waals surface area contributed by atoms with Crippen molar-refractivity contribution in [3.63, 3.8) is 0 Å². The molecule has 3 heteroatoms. The SMILES string of the molecule is CCNC(C)C1(O)CCC(OC)CC1. The summed E-state index contributed by atoms with van der Waals surface area (Å²) >= 11 is 0. The molecule has 0 aromatic rings. The molecule has 0 radical (unpaired) electrons. The minimum Gasteiger partial charge on any atom is -0.388 e. The molecule has 1 fully saturated rings. The minimum atomic E-state index is -0.523. The number of hydrogen-bond acceptors (Lipinski definition) is 3. The van der Waals surface area contributed by atoms with Crippen molar-refractivity contribution < 1.29 is 9.84 Å². The van der Waals surface area contributed by atoms with E-state index in [1.165, 1.54) is 0 Å². The molecule has 0 spiro atoms. The van der Waals surface area contributed by atoms with Crippen LogP contribution in [0.25, 0.3) is 0 Å². The van der Waals surface area contributed by atoms with Crippen molar-refractivity contribution in [2.24, 2.45) is 0 Å². The van der Waals surface area contributed by atoms with Crippen molar-refractivity contribution >= 4 is 0 Å². The molecule has 1 aliphatic carbocycles.